The molecule has 5 nitrogen and oxygen atoms in total. The Hall–Kier alpha value is -0.970. The summed E-state index contributed by atoms with van der Waals surface area (Å²) < 4.78 is 9.30. The molecule has 6 heteroatoms. The molecule has 0 aliphatic rings. The maximum atomic E-state index is 11.2. The Labute approximate surface area is 87.9 Å². The summed E-state index contributed by atoms with van der Waals surface area (Å²) in [5.74, 6) is 0. The van der Waals surface area contributed by atoms with Crippen molar-refractivity contribution in [3.05, 3.63) is 0 Å². The quantitative estimate of drug-likeness (QED) is 0.640. The number of nitrogens with zero attached hydrogens (tertiary/aromatic N) is 1. The van der Waals surface area contributed by atoms with Gasteiger partial charge in [0.1, 0.15) is 5.60 Å². The van der Waals surface area contributed by atoms with Gasteiger partial charge in [-0.3, -0.25) is 0 Å². The summed E-state index contributed by atoms with van der Waals surface area (Å²) in [6.07, 6.45) is -1.61. The minimum absolute atomic E-state index is 0.300. The van der Waals surface area contributed by atoms with E-state index in [1.165, 1.54) is 7.05 Å². The van der Waals surface area contributed by atoms with Gasteiger partial charge in [-0.1, -0.05) is 11.6 Å². The summed E-state index contributed by atoms with van der Waals surface area (Å²) in [5, 5.41) is 0. The lowest BCUT2D eigenvalue weighted by atomic mass is 10.2. The van der Waals surface area contributed by atoms with E-state index >= 15 is 0 Å². The average molecular weight is 224 g/mol. The Morgan fingerprint density at radius 1 is 1.29 bits per heavy atom. The molecule has 0 aromatic rings. The van der Waals surface area contributed by atoms with Gasteiger partial charge >= 0.3 is 12.2 Å². The summed E-state index contributed by atoms with van der Waals surface area (Å²) in [6, 6.07) is -0.300. The average Bonchev–Trinajstić information content (AvgIpc) is 2.00. The Balaban J connectivity index is 4.19. The van der Waals surface area contributed by atoms with E-state index in [-0.39, 0.29) is 6.07 Å². The molecule has 0 aromatic heterocycles. The fraction of sp³-hybridized carbons (Fsp3) is 0.750. The Morgan fingerprint density at radius 3 is 2.14 bits per heavy atom. The van der Waals surface area contributed by atoms with Crippen LogP contribution in [0.4, 0.5) is 9.59 Å². The molecule has 0 heterocycles. The molecule has 0 atom stereocenters. The number of hydrogen-bond donors (Lipinski definition) is 0. The third-order valence-electron chi connectivity index (χ3n) is 1.12. The second-order valence-electron chi connectivity index (χ2n) is 3.56. The van der Waals surface area contributed by atoms with E-state index in [2.05, 4.69) is 4.74 Å². The van der Waals surface area contributed by atoms with Gasteiger partial charge in [0.25, 0.3) is 0 Å². The van der Waals surface area contributed by atoms with Crippen molar-refractivity contribution in [3.8, 4) is 0 Å². The third kappa shape index (κ3) is 4.91. The molecule has 0 rings (SSSR count). The molecule has 0 saturated heterocycles. The highest BCUT2D eigenvalue weighted by molar-refractivity contribution is 6.17. The highest BCUT2D eigenvalue weighted by atomic mass is 35.5. The van der Waals surface area contributed by atoms with Crippen LogP contribution >= 0.6 is 11.6 Å². The van der Waals surface area contributed by atoms with Crippen molar-refractivity contribution in [1.29, 1.82) is 0 Å². The summed E-state index contributed by atoms with van der Waals surface area (Å²) >= 11 is 5.16. The first-order chi connectivity index (χ1) is 6.28. The highest BCUT2D eigenvalue weighted by Crippen LogP contribution is 2.09. The van der Waals surface area contributed by atoms with Gasteiger partial charge in [0.15, 0.2) is 6.07 Å². The second kappa shape index (κ2) is 5.05. The van der Waals surface area contributed by atoms with Crippen molar-refractivity contribution < 1.29 is 19.1 Å². The fourth-order valence-corrected chi connectivity index (χ4v) is 0.642. The van der Waals surface area contributed by atoms with Crippen LogP contribution in [0.25, 0.3) is 0 Å². The number of alkyl halides is 1. The second-order valence-corrected chi connectivity index (χ2v) is 3.78. The van der Waals surface area contributed by atoms with E-state index in [9.17, 15) is 9.59 Å². The number of halogens is 1. The van der Waals surface area contributed by atoms with Gasteiger partial charge in [-0.15, -0.1) is 0 Å². The molecule has 0 bridgehead atoms. The summed E-state index contributed by atoms with van der Waals surface area (Å²) in [7, 11) is 1.25. The molecule has 2 amide bonds. The maximum Gasteiger partial charge on any atom is 0.420 e. The van der Waals surface area contributed by atoms with E-state index in [0.717, 1.165) is 0 Å². The van der Waals surface area contributed by atoms with Crippen molar-refractivity contribution in [3.63, 3.8) is 0 Å². The van der Waals surface area contributed by atoms with E-state index in [0.29, 0.717) is 4.90 Å². The number of rotatable bonds is 1. The first-order valence-corrected chi connectivity index (χ1v) is 4.51. The number of carbonyl (C=O) groups is 2. The molecule has 14 heavy (non-hydrogen) atoms. The number of imide groups is 1. The molecule has 0 fully saturated rings. The standard InChI is InChI=1S/C8H14ClNO4/c1-8(2,3)14-7(12)10(4)6(11)13-5-9/h5H2,1-4H3. The molecule has 0 aromatic carbocycles. The number of carbonyl (C=O) groups excluding carboxylic acids is 2. The molecule has 0 saturated carbocycles. The van der Waals surface area contributed by atoms with Gasteiger partial charge in [0, 0.05) is 7.05 Å². The lowest BCUT2D eigenvalue weighted by Gasteiger charge is -2.22. The van der Waals surface area contributed by atoms with Crippen LogP contribution in [0.15, 0.2) is 0 Å². The highest BCUT2D eigenvalue weighted by Gasteiger charge is 2.24. The van der Waals surface area contributed by atoms with E-state index < -0.39 is 17.8 Å². The van der Waals surface area contributed by atoms with Crippen LogP contribution in [0.3, 0.4) is 0 Å². The predicted octanol–water partition coefficient (Wildman–Crippen LogP) is 2.19. The SMILES string of the molecule is CN(C(=O)OCCl)C(=O)OC(C)(C)C. The van der Waals surface area contributed by atoms with Crippen molar-refractivity contribution in [2.75, 3.05) is 13.1 Å². The summed E-state index contributed by atoms with van der Waals surface area (Å²) in [4.78, 5) is 22.9. The van der Waals surface area contributed by atoms with Gasteiger partial charge in [0.2, 0.25) is 0 Å². The predicted molar refractivity (Wildman–Crippen MR) is 51.2 cm³/mol. The Bertz CT molecular complexity index is 224. The summed E-state index contributed by atoms with van der Waals surface area (Å²) in [6.45, 7) is 5.10. The number of hydrogen-bond acceptors (Lipinski definition) is 4. The van der Waals surface area contributed by atoms with Crippen molar-refractivity contribution in [1.82, 2.24) is 4.90 Å². The lowest BCUT2D eigenvalue weighted by molar-refractivity contribution is 0.0286. The zero-order valence-corrected chi connectivity index (χ0v) is 9.42. The molecular formula is C8H14ClNO4. The van der Waals surface area contributed by atoms with Crippen LogP contribution in [0.2, 0.25) is 0 Å². The van der Waals surface area contributed by atoms with Gasteiger partial charge in [0.05, 0.1) is 0 Å². The Morgan fingerprint density at radius 2 is 1.79 bits per heavy atom. The molecule has 0 aliphatic carbocycles. The first-order valence-electron chi connectivity index (χ1n) is 3.97. The molecular weight excluding hydrogens is 210 g/mol. The monoisotopic (exact) mass is 223 g/mol. The van der Waals surface area contributed by atoms with Gasteiger partial charge in [-0.05, 0) is 20.8 Å². The lowest BCUT2D eigenvalue weighted by Crippen LogP contribution is -2.38. The maximum absolute atomic E-state index is 11.2. The fourth-order valence-electron chi connectivity index (χ4n) is 0.548. The van der Waals surface area contributed by atoms with Crippen molar-refractivity contribution in [2.45, 2.75) is 26.4 Å². The molecule has 0 aliphatic heterocycles. The van der Waals surface area contributed by atoms with E-state index in [4.69, 9.17) is 16.3 Å². The number of ether oxygens (including phenoxy) is 2. The minimum atomic E-state index is -0.839. The zero-order valence-electron chi connectivity index (χ0n) is 8.67. The molecule has 0 unspecified atom stereocenters. The van der Waals surface area contributed by atoms with Crippen LogP contribution < -0.4 is 0 Å². The number of amides is 2. The minimum Gasteiger partial charge on any atom is -0.443 e. The van der Waals surface area contributed by atoms with Gasteiger partial charge in [-0.25, -0.2) is 14.5 Å². The first kappa shape index (κ1) is 13.0. The third-order valence-corrected chi connectivity index (χ3v) is 1.23. The van der Waals surface area contributed by atoms with Gasteiger partial charge < -0.3 is 9.47 Å². The Kier molecular flexibility index (Phi) is 4.70. The van der Waals surface area contributed by atoms with Crippen LogP contribution in [0.5, 0.6) is 0 Å². The van der Waals surface area contributed by atoms with Gasteiger partial charge in [-0.2, -0.15) is 0 Å². The molecule has 82 valence electrons. The topological polar surface area (TPSA) is 55.8 Å². The van der Waals surface area contributed by atoms with Crippen LogP contribution in [0, 0.1) is 0 Å². The van der Waals surface area contributed by atoms with E-state index in [1.54, 1.807) is 20.8 Å². The zero-order chi connectivity index (χ0) is 11.4. The van der Waals surface area contributed by atoms with Crippen LogP contribution in [-0.2, 0) is 9.47 Å². The van der Waals surface area contributed by atoms with Crippen molar-refractivity contribution >= 4 is 23.8 Å². The van der Waals surface area contributed by atoms with E-state index in [1.807, 2.05) is 0 Å². The largest absolute Gasteiger partial charge is 0.443 e. The molecule has 0 radical (unpaired) electrons. The van der Waals surface area contributed by atoms with Crippen molar-refractivity contribution in [2.24, 2.45) is 0 Å². The van der Waals surface area contributed by atoms with Crippen LogP contribution in [-0.4, -0.2) is 35.8 Å². The smallest absolute Gasteiger partial charge is 0.420 e. The van der Waals surface area contributed by atoms with Crippen LogP contribution in [0.1, 0.15) is 20.8 Å². The molecule has 0 N–H and O–H groups in total. The summed E-state index contributed by atoms with van der Waals surface area (Å²) in [5.41, 5.74) is -0.646. The molecule has 0 spiro atoms. The normalized spacial score (nSPS) is 10.6.